The van der Waals surface area contributed by atoms with E-state index in [1.54, 1.807) is 17.6 Å². The molecule has 1 fully saturated rings. The molecule has 1 saturated heterocycles. The number of rotatable bonds is 10. The van der Waals surface area contributed by atoms with Gasteiger partial charge in [0.25, 0.3) is 5.91 Å². The third-order valence-electron chi connectivity index (χ3n) is 4.76. The molecule has 2 unspecified atom stereocenters. The molecule has 1 aliphatic rings. The lowest BCUT2D eigenvalue weighted by Gasteiger charge is -2.20. The third kappa shape index (κ3) is 9.39. The lowest BCUT2D eigenvalue weighted by Crippen LogP contribution is -2.28. The van der Waals surface area contributed by atoms with E-state index in [0.29, 0.717) is 14.9 Å². The van der Waals surface area contributed by atoms with Crippen molar-refractivity contribution in [2.24, 2.45) is 0 Å². The normalized spacial score (nSPS) is 22.7. The number of phosphoric ester groups is 1. The van der Waals surface area contributed by atoms with E-state index < -0.39 is 59.3 Å². The fourth-order valence-electron chi connectivity index (χ4n) is 3.24. The van der Waals surface area contributed by atoms with Gasteiger partial charge in [-0.05, 0) is 11.4 Å². The van der Waals surface area contributed by atoms with Crippen LogP contribution in [0, 0.1) is 16.5 Å². The summed E-state index contributed by atoms with van der Waals surface area (Å²) in [4.78, 5) is 46.3. The number of thiophene rings is 1. The number of halogens is 2. The van der Waals surface area contributed by atoms with Gasteiger partial charge in [0.1, 0.15) is 17.0 Å². The quantitative estimate of drug-likeness (QED) is 0.0915. The summed E-state index contributed by atoms with van der Waals surface area (Å²) in [6.07, 6.45) is -1.87. The fraction of sp³-hybridized carbons (Fsp3) is 0.412. The molecule has 39 heavy (non-hydrogen) atoms. The maximum atomic E-state index is 12.0. The van der Waals surface area contributed by atoms with Crippen molar-refractivity contribution in [2.45, 2.75) is 29.7 Å². The summed E-state index contributed by atoms with van der Waals surface area (Å²) in [7, 11) is -16.6. The molecule has 0 spiro atoms. The number of amides is 1. The number of aliphatic hydroxyl groups is 1. The maximum absolute atomic E-state index is 12.0. The van der Waals surface area contributed by atoms with Gasteiger partial charge < -0.3 is 39.3 Å². The number of fused-ring (bicyclic) bond motifs is 1. The molecule has 2 aromatic heterocycles. The van der Waals surface area contributed by atoms with Gasteiger partial charge in [-0.3, -0.25) is 9.32 Å². The van der Waals surface area contributed by atoms with E-state index in [-0.39, 0.29) is 13.0 Å². The molecule has 1 amide bonds. The number of nitrogens with zero attached hydrogens (tertiary/aromatic N) is 1. The lowest BCUT2D eigenvalue weighted by molar-refractivity contribution is -0.119. The van der Waals surface area contributed by atoms with Crippen LogP contribution in [0.25, 0.3) is 10.1 Å². The first-order valence-corrected chi connectivity index (χ1v) is 16.9. The Morgan fingerprint density at radius 3 is 2.59 bits per heavy atom. The van der Waals surface area contributed by atoms with Crippen LogP contribution < -0.4 is 5.32 Å². The van der Waals surface area contributed by atoms with Gasteiger partial charge in [-0.15, -0.1) is 11.3 Å². The zero-order chi connectivity index (χ0) is 29.2. The maximum Gasteiger partial charge on any atom is 0.490 e. The number of ether oxygens (including phenoxy) is 1. The largest absolute Gasteiger partial charge is 0.490 e. The minimum absolute atomic E-state index is 0.0443. The molecule has 3 rings (SSSR count). The van der Waals surface area contributed by atoms with Gasteiger partial charge >= 0.3 is 23.5 Å². The van der Waals surface area contributed by atoms with Crippen LogP contribution in [0.1, 0.15) is 18.2 Å². The Kier molecular flexibility index (Phi) is 11.0. The standard InChI is InChI=1S/C17H19Cl2N2O13P3S2/c18-15(19)16(23)20-4-1-2-9-7-21(17(38)14-10(9)3-5-39-14)13-6-11(22)12(32-13)8-31-36(27,28)34-37(29,30)33-35(24,25)26/h3,5,7,11-13,15,22H,4,6,8H2,(H,20,23)(H,27,28)(H,29,30)(H2,24,25,26)/t11-,12-,13-/m1/s1. The molecule has 0 aliphatic carbocycles. The van der Waals surface area contributed by atoms with Crippen LogP contribution in [0.4, 0.5) is 0 Å². The molecule has 0 saturated carbocycles. The number of carbonyl (C=O) groups is 1. The van der Waals surface area contributed by atoms with Gasteiger partial charge in [0.15, 0.2) is 4.84 Å². The Labute approximate surface area is 239 Å². The number of pyridine rings is 1. The summed E-state index contributed by atoms with van der Waals surface area (Å²) < 4.78 is 54.3. The van der Waals surface area contributed by atoms with E-state index in [4.69, 9.17) is 49.9 Å². The molecule has 0 aromatic carbocycles. The number of alkyl halides is 2. The second-order valence-corrected chi connectivity index (χ2v) is 14.4. The van der Waals surface area contributed by atoms with Crippen molar-refractivity contribution < 1.29 is 61.1 Å². The number of nitrogens with one attached hydrogen (secondary N) is 1. The number of carbonyl (C=O) groups excluding carboxylic acids is 1. The van der Waals surface area contributed by atoms with Crippen LogP contribution in [0.15, 0.2) is 17.6 Å². The molecule has 15 nitrogen and oxygen atoms in total. The number of hydrogen-bond donors (Lipinski definition) is 6. The van der Waals surface area contributed by atoms with Crippen molar-refractivity contribution in [3.8, 4) is 11.8 Å². The second-order valence-electron chi connectivity index (χ2n) is 7.56. The summed E-state index contributed by atoms with van der Waals surface area (Å²) in [6, 6.07) is 1.80. The van der Waals surface area contributed by atoms with Gasteiger partial charge in [-0.1, -0.05) is 47.3 Å². The van der Waals surface area contributed by atoms with Crippen LogP contribution >= 0.6 is 70.2 Å². The van der Waals surface area contributed by atoms with Crippen LogP contribution in [-0.4, -0.2) is 65.4 Å². The fourth-order valence-corrected chi connectivity index (χ4v) is 7.70. The van der Waals surface area contributed by atoms with Crippen LogP contribution in [0.5, 0.6) is 0 Å². The van der Waals surface area contributed by atoms with E-state index in [2.05, 4.69) is 30.3 Å². The Bertz CT molecular complexity index is 1500. The van der Waals surface area contributed by atoms with Crippen molar-refractivity contribution in [3.63, 3.8) is 0 Å². The predicted molar refractivity (Wildman–Crippen MR) is 140 cm³/mol. The third-order valence-corrected chi connectivity index (χ3v) is 10.4. The Hall–Kier alpha value is -0.730. The average Bonchev–Trinajstić information content (AvgIpc) is 3.41. The number of hydrogen-bond acceptors (Lipinski definition) is 11. The first-order chi connectivity index (χ1) is 18.0. The highest BCUT2D eigenvalue weighted by Gasteiger charge is 2.43. The van der Waals surface area contributed by atoms with Crippen molar-refractivity contribution in [3.05, 3.63) is 27.8 Å². The van der Waals surface area contributed by atoms with Gasteiger partial charge in [0.2, 0.25) is 0 Å². The Balaban J connectivity index is 1.74. The van der Waals surface area contributed by atoms with Crippen molar-refractivity contribution in [1.29, 1.82) is 0 Å². The summed E-state index contributed by atoms with van der Waals surface area (Å²) in [5.74, 6) is 5.06. The zero-order valence-corrected chi connectivity index (χ0v) is 24.9. The van der Waals surface area contributed by atoms with Crippen LogP contribution in [0.3, 0.4) is 0 Å². The lowest BCUT2D eigenvalue weighted by atomic mass is 10.1. The van der Waals surface area contributed by atoms with Gasteiger partial charge in [-0.25, -0.2) is 13.7 Å². The van der Waals surface area contributed by atoms with E-state index in [0.717, 1.165) is 5.39 Å². The highest BCUT2D eigenvalue weighted by atomic mass is 35.5. The monoisotopic (exact) mass is 686 g/mol. The first-order valence-electron chi connectivity index (χ1n) is 10.3. The molecule has 216 valence electrons. The second kappa shape index (κ2) is 13.1. The molecule has 3 heterocycles. The van der Waals surface area contributed by atoms with Gasteiger partial charge in [0, 0.05) is 23.6 Å². The highest BCUT2D eigenvalue weighted by molar-refractivity contribution is 7.71. The number of aliphatic hydroxyl groups excluding tert-OH is 1. The van der Waals surface area contributed by atoms with Crippen LogP contribution in [-0.2, 0) is 36.4 Å². The molecule has 6 N–H and O–H groups in total. The van der Waals surface area contributed by atoms with Crippen molar-refractivity contribution in [2.75, 3.05) is 13.2 Å². The molecule has 22 heteroatoms. The SMILES string of the molecule is O=C(NCC#Cc1cn([C@H]2C[C@@H](O)[C@@H](COP(=O)(O)OP(=O)(O)OP(=O)(O)O)O2)c(=S)c2sccc12)C(Cl)Cl. The molecule has 2 aromatic rings. The molecule has 0 bridgehead atoms. The number of phosphoric acid groups is 3. The van der Waals surface area contributed by atoms with Crippen molar-refractivity contribution >= 4 is 86.2 Å². The van der Waals surface area contributed by atoms with Crippen molar-refractivity contribution in [1.82, 2.24) is 9.88 Å². The summed E-state index contributed by atoms with van der Waals surface area (Å²) >= 11 is 17.8. The molecular formula is C17H19Cl2N2O13P3S2. The van der Waals surface area contributed by atoms with Crippen LogP contribution in [0.2, 0.25) is 0 Å². The van der Waals surface area contributed by atoms with E-state index in [9.17, 15) is 33.4 Å². The van der Waals surface area contributed by atoms with E-state index in [1.165, 1.54) is 15.9 Å². The van der Waals surface area contributed by atoms with E-state index >= 15 is 0 Å². The molecule has 5 atom stereocenters. The van der Waals surface area contributed by atoms with E-state index in [1.807, 2.05) is 0 Å². The zero-order valence-electron chi connectivity index (χ0n) is 19.0. The Morgan fingerprint density at radius 2 is 1.95 bits per heavy atom. The molecular weight excluding hydrogens is 668 g/mol. The number of aromatic nitrogens is 1. The van der Waals surface area contributed by atoms with Gasteiger partial charge in [0.05, 0.1) is 24.0 Å². The minimum Gasteiger partial charge on any atom is -0.390 e. The molecule has 1 aliphatic heterocycles. The first kappa shape index (κ1) is 32.8. The predicted octanol–water partition coefficient (Wildman–Crippen LogP) is 2.70. The Morgan fingerprint density at radius 1 is 1.26 bits per heavy atom. The topological polar surface area (TPSA) is 223 Å². The van der Waals surface area contributed by atoms with Gasteiger partial charge in [-0.2, -0.15) is 8.62 Å². The minimum atomic E-state index is -5.69. The molecule has 0 radical (unpaired) electrons. The smallest absolute Gasteiger partial charge is 0.390 e. The highest BCUT2D eigenvalue weighted by Crippen LogP contribution is 2.66. The summed E-state index contributed by atoms with van der Waals surface area (Å²) in [5.41, 5.74) is 0.511. The summed E-state index contributed by atoms with van der Waals surface area (Å²) in [5, 5.41) is 15.4. The summed E-state index contributed by atoms with van der Waals surface area (Å²) in [6.45, 7) is -0.873. The average molecular weight is 687 g/mol.